The fraction of sp³-hybridized carbons (Fsp3) is 0.750. The highest BCUT2D eigenvalue weighted by Gasteiger charge is 2.35. The van der Waals surface area contributed by atoms with E-state index in [2.05, 4.69) is 5.10 Å². The van der Waals surface area contributed by atoms with Crippen molar-refractivity contribution in [1.82, 2.24) is 14.7 Å². The molecule has 1 aliphatic rings. The van der Waals surface area contributed by atoms with Crippen LogP contribution in [-0.4, -0.2) is 54.6 Å². The molecule has 1 aromatic rings. The summed E-state index contributed by atoms with van der Waals surface area (Å²) in [5.41, 5.74) is -0.820. The van der Waals surface area contributed by atoms with E-state index >= 15 is 0 Å². The van der Waals surface area contributed by atoms with Crippen LogP contribution in [0.4, 0.5) is 13.6 Å². The fourth-order valence-corrected chi connectivity index (χ4v) is 5.45. The van der Waals surface area contributed by atoms with Gasteiger partial charge in [-0.05, 0) is 25.2 Å². The van der Waals surface area contributed by atoms with Crippen molar-refractivity contribution in [1.29, 1.82) is 0 Å². The molecule has 1 aliphatic heterocycles. The zero-order chi connectivity index (χ0) is 20.2. The summed E-state index contributed by atoms with van der Waals surface area (Å²) in [6.45, 7) is 3.09. The van der Waals surface area contributed by atoms with Gasteiger partial charge in [-0.2, -0.15) is 5.10 Å². The normalized spacial score (nSPS) is 16.1. The number of likely N-dealkylation sites (tertiary alicyclic amines) is 1. The van der Waals surface area contributed by atoms with Crippen LogP contribution < -0.4 is 0 Å². The van der Waals surface area contributed by atoms with E-state index in [4.69, 9.17) is 16.3 Å². The van der Waals surface area contributed by atoms with Crippen molar-refractivity contribution in [3.8, 4) is 0 Å². The van der Waals surface area contributed by atoms with E-state index in [0.717, 1.165) is 17.5 Å². The topological polar surface area (TPSA) is 81.5 Å². The molecule has 11 heteroatoms. The third-order valence-electron chi connectivity index (χ3n) is 4.53. The summed E-state index contributed by atoms with van der Waals surface area (Å²) >= 11 is 5.90. The highest BCUT2D eigenvalue weighted by atomic mass is 35.5. The predicted molar refractivity (Wildman–Crippen MR) is 95.8 cm³/mol. The summed E-state index contributed by atoms with van der Waals surface area (Å²) in [6.07, 6.45) is -0.828. The number of rotatable bonds is 7. The zero-order valence-electron chi connectivity index (χ0n) is 15.3. The first-order chi connectivity index (χ1) is 12.7. The number of piperidine rings is 1. The Hall–Kier alpha value is -1.42. The molecule has 2 rings (SSSR count). The number of hydrogen-bond donors (Lipinski definition) is 0. The number of ether oxygens (including phenoxy) is 1. The Morgan fingerprint density at radius 3 is 2.56 bits per heavy atom. The van der Waals surface area contributed by atoms with Crippen LogP contribution in [0.1, 0.15) is 44.7 Å². The average Bonchev–Trinajstić information content (AvgIpc) is 2.91. The molecule has 2 heterocycles. The molecule has 0 saturated carbocycles. The van der Waals surface area contributed by atoms with Crippen molar-refractivity contribution in [2.24, 2.45) is 13.0 Å². The molecule has 0 atom stereocenters. The number of aryl methyl sites for hydroxylation is 1. The lowest BCUT2D eigenvalue weighted by atomic mass is 9.99. The largest absolute Gasteiger partial charge is 0.449 e. The Kier molecular flexibility index (Phi) is 7.44. The van der Waals surface area contributed by atoms with Gasteiger partial charge in [0.1, 0.15) is 15.7 Å². The van der Waals surface area contributed by atoms with Crippen molar-refractivity contribution < 1.29 is 26.7 Å². The second-order valence-electron chi connectivity index (χ2n) is 6.61. The Bertz CT molecular complexity index is 762. The van der Waals surface area contributed by atoms with E-state index in [-0.39, 0.29) is 16.8 Å². The summed E-state index contributed by atoms with van der Waals surface area (Å²) in [4.78, 5) is 12.9. The quantitative estimate of drug-likeness (QED) is 0.622. The molecule has 0 bridgehead atoms. The van der Waals surface area contributed by atoms with Crippen LogP contribution >= 0.6 is 11.6 Å². The molecule has 0 radical (unpaired) electrons. The molecular weight excluding hydrogens is 404 g/mol. The minimum absolute atomic E-state index is 0.253. The van der Waals surface area contributed by atoms with Gasteiger partial charge in [0.15, 0.2) is 9.84 Å². The van der Waals surface area contributed by atoms with Crippen LogP contribution in [0.3, 0.4) is 0 Å². The molecule has 1 aromatic heterocycles. The van der Waals surface area contributed by atoms with Gasteiger partial charge in [0, 0.05) is 20.1 Å². The standard InChI is InChI=1S/C16H24ClF2N3O4S/c1-3-4-9-26-16(23)22-7-5-11(6-8-22)10-27(24,25)13-12(15(18)19)20-21(2)14(13)17/h11,15H,3-10H2,1-2H3. The Morgan fingerprint density at radius 2 is 2.00 bits per heavy atom. The number of amides is 1. The number of unbranched alkanes of at least 4 members (excludes halogenated alkanes) is 1. The van der Waals surface area contributed by atoms with E-state index < -0.39 is 32.9 Å². The van der Waals surface area contributed by atoms with Gasteiger partial charge in [-0.25, -0.2) is 22.0 Å². The van der Waals surface area contributed by atoms with Crippen LogP contribution in [0, 0.1) is 5.92 Å². The summed E-state index contributed by atoms with van der Waals surface area (Å²) in [5, 5.41) is 3.21. The minimum Gasteiger partial charge on any atom is -0.449 e. The number of alkyl halides is 2. The van der Waals surface area contributed by atoms with Gasteiger partial charge in [0.25, 0.3) is 6.43 Å². The molecule has 1 amide bonds. The molecule has 27 heavy (non-hydrogen) atoms. The summed E-state index contributed by atoms with van der Waals surface area (Å²) in [7, 11) is -2.72. The highest BCUT2D eigenvalue weighted by Crippen LogP contribution is 2.34. The lowest BCUT2D eigenvalue weighted by Crippen LogP contribution is -2.40. The molecule has 0 unspecified atom stereocenters. The Balaban J connectivity index is 2.00. The third-order valence-corrected chi connectivity index (χ3v) is 7.01. The minimum atomic E-state index is -4.03. The summed E-state index contributed by atoms with van der Waals surface area (Å²) in [6, 6.07) is 0. The van der Waals surface area contributed by atoms with Crippen molar-refractivity contribution in [3.63, 3.8) is 0 Å². The van der Waals surface area contributed by atoms with Gasteiger partial charge in [-0.1, -0.05) is 24.9 Å². The zero-order valence-corrected chi connectivity index (χ0v) is 16.9. The van der Waals surface area contributed by atoms with Crippen LogP contribution in [0.15, 0.2) is 4.90 Å². The molecular formula is C16H24ClF2N3O4S. The van der Waals surface area contributed by atoms with Crippen LogP contribution in [0.2, 0.25) is 5.15 Å². The van der Waals surface area contributed by atoms with E-state index in [1.807, 2.05) is 6.92 Å². The Morgan fingerprint density at radius 1 is 1.37 bits per heavy atom. The first-order valence-electron chi connectivity index (χ1n) is 8.82. The Labute approximate surface area is 162 Å². The number of sulfone groups is 1. The number of halogens is 3. The van der Waals surface area contributed by atoms with E-state index in [0.29, 0.717) is 32.5 Å². The molecule has 7 nitrogen and oxygen atoms in total. The van der Waals surface area contributed by atoms with Crippen molar-refractivity contribution in [2.45, 2.75) is 43.9 Å². The molecule has 1 saturated heterocycles. The van der Waals surface area contributed by atoms with Crippen LogP contribution in [0.5, 0.6) is 0 Å². The maximum atomic E-state index is 13.1. The lowest BCUT2D eigenvalue weighted by Gasteiger charge is -2.31. The van der Waals surface area contributed by atoms with E-state index in [1.54, 1.807) is 4.90 Å². The van der Waals surface area contributed by atoms with Crippen LogP contribution in [0.25, 0.3) is 0 Å². The fourth-order valence-electron chi connectivity index (χ4n) is 3.00. The SMILES string of the molecule is CCCCOC(=O)N1CCC(CS(=O)(=O)c2c(C(F)F)nn(C)c2Cl)CC1. The monoisotopic (exact) mass is 427 g/mol. The van der Waals surface area contributed by atoms with E-state index in [1.165, 1.54) is 7.05 Å². The molecule has 0 N–H and O–H groups in total. The van der Waals surface area contributed by atoms with Gasteiger partial charge < -0.3 is 9.64 Å². The molecule has 0 aliphatic carbocycles. The number of nitrogens with zero attached hydrogens (tertiary/aromatic N) is 3. The van der Waals surface area contributed by atoms with Crippen molar-refractivity contribution in [2.75, 3.05) is 25.4 Å². The van der Waals surface area contributed by atoms with Gasteiger partial charge in [0.05, 0.1) is 12.4 Å². The van der Waals surface area contributed by atoms with Gasteiger partial charge in [0.2, 0.25) is 0 Å². The second-order valence-corrected chi connectivity index (χ2v) is 8.94. The first-order valence-corrected chi connectivity index (χ1v) is 10.8. The molecule has 154 valence electrons. The van der Waals surface area contributed by atoms with Crippen molar-refractivity contribution >= 4 is 27.5 Å². The second kappa shape index (κ2) is 9.18. The van der Waals surface area contributed by atoms with Crippen molar-refractivity contribution in [3.05, 3.63) is 10.8 Å². The van der Waals surface area contributed by atoms with Gasteiger partial charge in [-0.3, -0.25) is 4.68 Å². The van der Waals surface area contributed by atoms with Crippen LogP contribution in [-0.2, 0) is 21.6 Å². The molecule has 0 spiro atoms. The highest BCUT2D eigenvalue weighted by molar-refractivity contribution is 7.91. The molecule has 1 fully saturated rings. The maximum absolute atomic E-state index is 13.1. The maximum Gasteiger partial charge on any atom is 0.409 e. The number of carbonyl (C=O) groups excluding carboxylic acids is 1. The number of hydrogen-bond acceptors (Lipinski definition) is 5. The van der Waals surface area contributed by atoms with E-state index in [9.17, 15) is 22.0 Å². The summed E-state index contributed by atoms with van der Waals surface area (Å²) in [5.74, 6) is -0.562. The third kappa shape index (κ3) is 5.31. The number of carbonyl (C=O) groups is 1. The van der Waals surface area contributed by atoms with Gasteiger partial charge >= 0.3 is 6.09 Å². The lowest BCUT2D eigenvalue weighted by molar-refractivity contribution is 0.0883. The smallest absolute Gasteiger partial charge is 0.409 e. The predicted octanol–water partition coefficient (Wildman–Crippen LogP) is 3.43. The average molecular weight is 428 g/mol. The first kappa shape index (κ1) is 21.9. The summed E-state index contributed by atoms with van der Waals surface area (Å²) < 4.78 is 57.7. The molecule has 0 aromatic carbocycles. The number of aromatic nitrogens is 2. The van der Waals surface area contributed by atoms with Gasteiger partial charge in [-0.15, -0.1) is 0 Å².